The summed E-state index contributed by atoms with van der Waals surface area (Å²) >= 11 is 5.47. The van der Waals surface area contributed by atoms with Crippen LogP contribution in [0.2, 0.25) is 0 Å². The van der Waals surface area contributed by atoms with Gasteiger partial charge in [0.05, 0.1) is 40.4 Å². The maximum Gasteiger partial charge on any atom is 0.342 e. The number of hydrogen-bond acceptors (Lipinski definition) is 7. The van der Waals surface area contributed by atoms with Crippen LogP contribution < -0.4 is 19.5 Å². The van der Waals surface area contributed by atoms with Crippen molar-refractivity contribution in [1.29, 1.82) is 0 Å². The molecule has 0 unspecified atom stereocenters. The summed E-state index contributed by atoms with van der Waals surface area (Å²) < 4.78 is 14.4. The van der Waals surface area contributed by atoms with Crippen molar-refractivity contribution in [2.45, 2.75) is 5.16 Å². The Morgan fingerprint density at radius 3 is 2.62 bits per heavy atom. The topological polar surface area (TPSA) is 113 Å². The quantitative estimate of drug-likeness (QED) is 0.0765. The Bertz CT molecular complexity index is 1450. The highest BCUT2D eigenvalue weighted by Crippen LogP contribution is 2.31. The first-order valence-corrected chi connectivity index (χ1v) is 14.0. The van der Waals surface area contributed by atoms with Crippen molar-refractivity contribution in [2.24, 2.45) is 5.10 Å². The SMILES string of the molecule is COc1ccc(-c2[nH]nc(SCC(=O)NN=Cc3cc(I)cc(I)c3O)[n+]2-c2ccccc2)cc1OC. The van der Waals surface area contributed by atoms with Crippen LogP contribution in [0.3, 0.4) is 0 Å². The number of para-hydroxylation sites is 1. The van der Waals surface area contributed by atoms with Crippen molar-refractivity contribution in [2.75, 3.05) is 20.0 Å². The molecule has 9 nitrogen and oxygen atoms in total. The van der Waals surface area contributed by atoms with Gasteiger partial charge in [-0.1, -0.05) is 18.2 Å². The Hall–Kier alpha value is -2.85. The molecular formula is C25H22I2N5O4S+. The van der Waals surface area contributed by atoms with E-state index in [9.17, 15) is 9.90 Å². The van der Waals surface area contributed by atoms with E-state index in [4.69, 9.17) is 9.47 Å². The molecular weight excluding hydrogens is 720 g/mol. The van der Waals surface area contributed by atoms with Crippen LogP contribution in [0.1, 0.15) is 5.56 Å². The number of H-pyrrole nitrogens is 1. The second-order valence-corrected chi connectivity index (χ2v) is 10.9. The number of benzene rings is 3. The predicted octanol–water partition coefficient (Wildman–Crippen LogP) is 4.53. The molecule has 4 aromatic rings. The normalized spacial score (nSPS) is 11.0. The maximum absolute atomic E-state index is 12.5. The van der Waals surface area contributed by atoms with Gasteiger partial charge in [0.25, 0.3) is 11.7 Å². The van der Waals surface area contributed by atoms with Crippen LogP contribution in [0.15, 0.2) is 70.9 Å². The lowest BCUT2D eigenvalue weighted by Crippen LogP contribution is -2.34. The number of aromatic amines is 1. The minimum atomic E-state index is -0.309. The van der Waals surface area contributed by atoms with Gasteiger partial charge in [0.15, 0.2) is 11.5 Å². The Morgan fingerprint density at radius 1 is 1.14 bits per heavy atom. The van der Waals surface area contributed by atoms with Crippen LogP contribution in [0.4, 0.5) is 0 Å². The second-order valence-electron chi connectivity index (χ2n) is 7.50. The van der Waals surface area contributed by atoms with Gasteiger partial charge in [-0.15, -0.1) is 5.10 Å². The van der Waals surface area contributed by atoms with E-state index in [2.05, 4.69) is 43.3 Å². The largest absolute Gasteiger partial charge is 0.506 e. The average Bonchev–Trinajstić information content (AvgIpc) is 3.34. The van der Waals surface area contributed by atoms with E-state index in [1.54, 1.807) is 20.3 Å². The third-order valence-corrected chi connectivity index (χ3v) is 7.51. The van der Waals surface area contributed by atoms with Crippen LogP contribution in [-0.2, 0) is 4.79 Å². The molecule has 0 radical (unpaired) electrons. The van der Waals surface area contributed by atoms with Crippen molar-refractivity contribution >= 4 is 69.1 Å². The summed E-state index contributed by atoms with van der Waals surface area (Å²) in [6, 6.07) is 19.0. The number of rotatable bonds is 9. The standard InChI is InChI=1S/C25H21I2N5O4S/c1-35-20-9-8-15(11-21(20)36-2)24-30-31-25(32(24)18-6-4-3-5-7-18)37-14-22(33)29-28-13-16-10-17(26)12-19(27)23(16)34/h3-13H,14H2,1-2H3,(H2,28,29,33,34)/p+1. The third-order valence-electron chi connectivity index (χ3n) is 5.13. The van der Waals surface area contributed by atoms with Crippen molar-refractivity contribution < 1.29 is 23.9 Å². The number of aromatic nitrogens is 3. The summed E-state index contributed by atoms with van der Waals surface area (Å²) in [6.45, 7) is 0. The molecule has 0 aliphatic rings. The number of hydrazone groups is 1. The minimum Gasteiger partial charge on any atom is -0.506 e. The summed E-state index contributed by atoms with van der Waals surface area (Å²) in [4.78, 5) is 12.5. The number of aromatic hydroxyl groups is 1. The molecule has 0 fully saturated rings. The van der Waals surface area contributed by atoms with Gasteiger partial charge in [-0.05, 0) is 99.4 Å². The number of carbonyl (C=O) groups is 1. The summed E-state index contributed by atoms with van der Waals surface area (Å²) in [6.07, 6.45) is 1.43. The number of ether oxygens (including phenoxy) is 2. The number of thioether (sulfide) groups is 1. The molecule has 3 N–H and O–H groups in total. The van der Waals surface area contributed by atoms with E-state index in [1.807, 2.05) is 81.8 Å². The number of carbonyl (C=O) groups excluding carboxylic acids is 1. The number of phenolic OH excluding ortho intramolecular Hbond substituents is 1. The third kappa shape index (κ3) is 6.54. The number of methoxy groups -OCH3 is 2. The number of hydrogen-bond donors (Lipinski definition) is 3. The molecule has 190 valence electrons. The Balaban J connectivity index is 1.54. The van der Waals surface area contributed by atoms with E-state index in [0.717, 1.165) is 20.6 Å². The molecule has 4 rings (SSSR count). The van der Waals surface area contributed by atoms with Gasteiger partial charge < -0.3 is 14.6 Å². The van der Waals surface area contributed by atoms with Crippen molar-refractivity contribution in [3.63, 3.8) is 0 Å². The van der Waals surface area contributed by atoms with Crippen LogP contribution in [0, 0.1) is 7.14 Å². The Kier molecular flexibility index (Phi) is 9.26. The molecule has 3 aromatic carbocycles. The molecule has 0 aliphatic carbocycles. The summed E-state index contributed by atoms with van der Waals surface area (Å²) in [7, 11) is 3.18. The van der Waals surface area contributed by atoms with Crippen molar-refractivity contribution in [3.8, 4) is 34.3 Å². The fourth-order valence-electron chi connectivity index (χ4n) is 3.41. The highest BCUT2D eigenvalue weighted by molar-refractivity contribution is 14.1. The number of phenols is 1. The predicted molar refractivity (Wildman–Crippen MR) is 159 cm³/mol. The molecule has 0 bridgehead atoms. The van der Waals surface area contributed by atoms with E-state index >= 15 is 0 Å². The van der Waals surface area contributed by atoms with Crippen LogP contribution >= 0.6 is 56.9 Å². The molecule has 12 heteroatoms. The first kappa shape index (κ1) is 27.2. The lowest BCUT2D eigenvalue weighted by atomic mass is 10.2. The molecule has 37 heavy (non-hydrogen) atoms. The van der Waals surface area contributed by atoms with Gasteiger partial charge >= 0.3 is 5.16 Å². The Morgan fingerprint density at radius 2 is 1.89 bits per heavy atom. The monoisotopic (exact) mass is 742 g/mol. The molecule has 1 aromatic heterocycles. The van der Waals surface area contributed by atoms with Crippen LogP contribution in [0.5, 0.6) is 17.2 Å². The van der Waals surface area contributed by atoms with E-state index in [-0.39, 0.29) is 17.4 Å². The highest BCUT2D eigenvalue weighted by atomic mass is 127. The molecule has 0 spiro atoms. The zero-order valence-corrected chi connectivity index (χ0v) is 24.9. The fraction of sp³-hybridized carbons (Fsp3) is 0.120. The van der Waals surface area contributed by atoms with Gasteiger partial charge in [-0.3, -0.25) is 4.79 Å². The van der Waals surface area contributed by atoms with Crippen molar-refractivity contribution in [3.05, 3.63) is 73.4 Å². The van der Waals surface area contributed by atoms with E-state index in [0.29, 0.717) is 25.8 Å². The van der Waals surface area contributed by atoms with Gasteiger partial charge in [-0.25, -0.2) is 5.43 Å². The smallest absolute Gasteiger partial charge is 0.342 e. The summed E-state index contributed by atoms with van der Waals surface area (Å²) in [5.41, 5.74) is 4.75. The molecule has 1 amide bonds. The summed E-state index contributed by atoms with van der Waals surface area (Å²) in [5.74, 6) is 1.83. The molecule has 1 heterocycles. The second kappa shape index (κ2) is 12.6. The van der Waals surface area contributed by atoms with Gasteiger partial charge in [0, 0.05) is 9.13 Å². The summed E-state index contributed by atoms with van der Waals surface area (Å²) in [5, 5.41) is 22.3. The zero-order chi connectivity index (χ0) is 26.4. The average molecular weight is 742 g/mol. The van der Waals surface area contributed by atoms with Crippen molar-refractivity contribution in [1.82, 2.24) is 15.6 Å². The molecule has 0 aliphatic heterocycles. The number of nitrogens with zero attached hydrogens (tertiary/aromatic N) is 3. The van der Waals surface area contributed by atoms with Crippen LogP contribution in [-0.4, -0.2) is 47.4 Å². The van der Waals surface area contributed by atoms with Crippen LogP contribution in [0.25, 0.3) is 17.1 Å². The van der Waals surface area contributed by atoms with Gasteiger partial charge in [0.2, 0.25) is 0 Å². The number of nitrogens with one attached hydrogen (secondary N) is 2. The lowest BCUT2D eigenvalue weighted by molar-refractivity contribution is -0.625. The maximum atomic E-state index is 12.5. The van der Waals surface area contributed by atoms with Gasteiger partial charge in [0.1, 0.15) is 11.4 Å². The molecule has 0 saturated carbocycles. The first-order chi connectivity index (χ1) is 17.9. The fourth-order valence-corrected chi connectivity index (χ4v) is 6.06. The lowest BCUT2D eigenvalue weighted by Gasteiger charge is -2.09. The number of amides is 1. The molecule has 0 atom stereocenters. The minimum absolute atomic E-state index is 0.0796. The Labute approximate surface area is 244 Å². The highest BCUT2D eigenvalue weighted by Gasteiger charge is 2.25. The van der Waals surface area contributed by atoms with Gasteiger partial charge in [-0.2, -0.15) is 9.67 Å². The molecule has 0 saturated heterocycles. The van der Waals surface area contributed by atoms with E-state index < -0.39 is 0 Å². The zero-order valence-electron chi connectivity index (χ0n) is 19.7. The first-order valence-electron chi connectivity index (χ1n) is 10.8. The van der Waals surface area contributed by atoms with E-state index in [1.165, 1.54) is 18.0 Å². The number of halogens is 2.